The smallest absolute Gasteiger partial charge is 0.409 e. The number of halogens is 1. The Morgan fingerprint density at radius 3 is 2.72 bits per heavy atom. The number of amides is 2. The Kier molecular flexibility index (Phi) is 6.46. The van der Waals surface area contributed by atoms with Crippen molar-refractivity contribution >= 4 is 44.7 Å². The van der Waals surface area contributed by atoms with E-state index in [0.29, 0.717) is 55.8 Å². The topological polar surface area (TPSA) is 103 Å². The number of hydrogen-bond donors (Lipinski definition) is 1. The lowest BCUT2D eigenvalue weighted by molar-refractivity contribution is -0.0233. The van der Waals surface area contributed by atoms with E-state index in [2.05, 4.69) is 26.3 Å². The molecule has 2 amide bonds. The highest BCUT2D eigenvalue weighted by Gasteiger charge is 2.45. The SMILES string of the molecule is CCOC(=O)N1CCC2(CC1)C[C@H](NC(=O)c1cccc3cnn(C(C)=O)c13)c1cc(Br)ccc1O2. The van der Waals surface area contributed by atoms with Crippen LogP contribution in [0.2, 0.25) is 0 Å². The van der Waals surface area contributed by atoms with E-state index < -0.39 is 5.60 Å². The van der Waals surface area contributed by atoms with Gasteiger partial charge in [0.05, 0.1) is 29.9 Å². The van der Waals surface area contributed by atoms with Crippen molar-refractivity contribution in [1.29, 1.82) is 0 Å². The molecular weight excluding hydrogens is 528 g/mol. The molecule has 10 heteroatoms. The average Bonchev–Trinajstić information content (AvgIpc) is 3.30. The van der Waals surface area contributed by atoms with E-state index >= 15 is 0 Å². The Hall–Kier alpha value is -3.40. The van der Waals surface area contributed by atoms with Crippen LogP contribution in [0.1, 0.15) is 59.9 Å². The standard InChI is InChI=1S/C26H27BrN4O5/c1-3-35-25(34)30-11-9-26(10-12-30)14-21(20-13-18(27)7-8-22(20)36-26)29-24(33)19-6-4-5-17-15-28-31(16(2)32)23(17)19/h4-8,13,15,21H,3,9-12,14H2,1-2H3,(H,29,33)/t21-/m0/s1. The molecule has 1 spiro atoms. The molecule has 0 unspecified atom stereocenters. The van der Waals surface area contributed by atoms with Gasteiger partial charge in [-0.2, -0.15) is 9.78 Å². The van der Waals surface area contributed by atoms with E-state index in [1.54, 1.807) is 30.2 Å². The van der Waals surface area contributed by atoms with Crippen molar-refractivity contribution in [2.24, 2.45) is 0 Å². The lowest BCUT2D eigenvalue weighted by Crippen LogP contribution is -2.53. The van der Waals surface area contributed by atoms with Gasteiger partial charge in [-0.1, -0.05) is 28.1 Å². The molecular formula is C26H27BrN4O5. The number of carbonyl (C=O) groups is 3. The van der Waals surface area contributed by atoms with Crippen LogP contribution in [0.25, 0.3) is 10.9 Å². The number of rotatable bonds is 3. The van der Waals surface area contributed by atoms with Gasteiger partial charge in [-0.3, -0.25) is 9.59 Å². The number of hydrogen-bond acceptors (Lipinski definition) is 6. The molecule has 1 aromatic heterocycles. The minimum atomic E-state index is -0.519. The lowest BCUT2D eigenvalue weighted by Gasteiger charge is -2.46. The molecule has 0 radical (unpaired) electrons. The zero-order chi connectivity index (χ0) is 25.4. The van der Waals surface area contributed by atoms with Gasteiger partial charge in [0.2, 0.25) is 5.91 Å². The number of nitrogens with one attached hydrogen (secondary N) is 1. The molecule has 1 atom stereocenters. The molecule has 36 heavy (non-hydrogen) atoms. The van der Waals surface area contributed by atoms with Crippen LogP contribution in [0.3, 0.4) is 0 Å². The molecule has 1 fully saturated rings. The number of ether oxygens (including phenoxy) is 2. The summed E-state index contributed by atoms with van der Waals surface area (Å²) in [6.45, 7) is 4.58. The number of piperidine rings is 1. The number of fused-ring (bicyclic) bond motifs is 2. The Morgan fingerprint density at radius 2 is 2.00 bits per heavy atom. The Labute approximate surface area is 216 Å². The second-order valence-electron chi connectivity index (χ2n) is 9.20. The highest BCUT2D eigenvalue weighted by atomic mass is 79.9. The van der Waals surface area contributed by atoms with E-state index in [1.807, 2.05) is 24.3 Å². The van der Waals surface area contributed by atoms with Gasteiger partial charge in [-0.05, 0) is 31.2 Å². The molecule has 3 heterocycles. The molecule has 1 N–H and O–H groups in total. The summed E-state index contributed by atoms with van der Waals surface area (Å²) >= 11 is 3.53. The molecule has 1 saturated heterocycles. The van der Waals surface area contributed by atoms with Crippen LogP contribution >= 0.6 is 15.9 Å². The van der Waals surface area contributed by atoms with Crippen molar-refractivity contribution in [2.45, 2.75) is 44.8 Å². The van der Waals surface area contributed by atoms with Crippen molar-refractivity contribution in [2.75, 3.05) is 19.7 Å². The van der Waals surface area contributed by atoms with Crippen LogP contribution < -0.4 is 10.1 Å². The van der Waals surface area contributed by atoms with Crippen LogP contribution in [-0.2, 0) is 4.74 Å². The van der Waals surface area contributed by atoms with Gasteiger partial charge in [0.1, 0.15) is 11.4 Å². The second-order valence-corrected chi connectivity index (χ2v) is 10.1. The summed E-state index contributed by atoms with van der Waals surface area (Å²) in [5.74, 6) is 0.157. The Balaban J connectivity index is 1.44. The van der Waals surface area contributed by atoms with Gasteiger partial charge in [0.15, 0.2) is 0 Å². The number of nitrogens with zero attached hydrogens (tertiary/aromatic N) is 3. The van der Waals surface area contributed by atoms with E-state index in [0.717, 1.165) is 15.4 Å². The number of likely N-dealkylation sites (tertiary alicyclic amines) is 1. The average molecular weight is 555 g/mol. The van der Waals surface area contributed by atoms with Gasteiger partial charge in [0.25, 0.3) is 5.91 Å². The van der Waals surface area contributed by atoms with Crippen LogP contribution in [0.5, 0.6) is 5.75 Å². The fourth-order valence-corrected chi connectivity index (χ4v) is 5.50. The third kappa shape index (κ3) is 4.45. The minimum absolute atomic E-state index is 0.266. The van der Waals surface area contributed by atoms with E-state index in [-0.39, 0.29) is 23.9 Å². The largest absolute Gasteiger partial charge is 0.487 e. The summed E-state index contributed by atoms with van der Waals surface area (Å²) < 4.78 is 13.8. The normalized spacial score (nSPS) is 18.4. The summed E-state index contributed by atoms with van der Waals surface area (Å²) in [6.07, 6.45) is 3.08. The first-order valence-corrected chi connectivity index (χ1v) is 12.8. The van der Waals surface area contributed by atoms with Gasteiger partial charge in [-0.25, -0.2) is 4.79 Å². The van der Waals surface area contributed by atoms with Crippen LogP contribution in [-0.4, -0.2) is 57.9 Å². The summed E-state index contributed by atoms with van der Waals surface area (Å²) in [5, 5.41) is 8.07. The third-order valence-corrected chi connectivity index (χ3v) is 7.38. The number of carbonyl (C=O) groups excluding carboxylic acids is 3. The predicted octanol–water partition coefficient (Wildman–Crippen LogP) is 4.70. The van der Waals surface area contributed by atoms with Crippen molar-refractivity contribution in [3.8, 4) is 5.75 Å². The molecule has 0 saturated carbocycles. The molecule has 188 valence electrons. The van der Waals surface area contributed by atoms with E-state index in [4.69, 9.17) is 9.47 Å². The van der Waals surface area contributed by atoms with E-state index in [9.17, 15) is 14.4 Å². The Morgan fingerprint density at radius 1 is 1.22 bits per heavy atom. The first-order valence-electron chi connectivity index (χ1n) is 12.0. The molecule has 5 rings (SSSR count). The van der Waals surface area contributed by atoms with Gasteiger partial charge in [0, 0.05) is 54.7 Å². The zero-order valence-electron chi connectivity index (χ0n) is 20.1. The summed E-state index contributed by atoms with van der Waals surface area (Å²) in [5.41, 5.74) is 1.23. The molecule has 0 aliphatic carbocycles. The monoisotopic (exact) mass is 554 g/mol. The molecule has 9 nitrogen and oxygen atoms in total. The van der Waals surface area contributed by atoms with Crippen LogP contribution in [0, 0.1) is 0 Å². The van der Waals surface area contributed by atoms with Crippen molar-refractivity contribution < 1.29 is 23.9 Å². The molecule has 2 aliphatic rings. The second kappa shape index (κ2) is 9.57. The highest BCUT2D eigenvalue weighted by Crippen LogP contribution is 2.45. The zero-order valence-corrected chi connectivity index (χ0v) is 21.7. The van der Waals surface area contributed by atoms with Crippen molar-refractivity contribution in [3.63, 3.8) is 0 Å². The van der Waals surface area contributed by atoms with Crippen LogP contribution in [0.15, 0.2) is 47.1 Å². The first kappa shape index (κ1) is 24.3. The lowest BCUT2D eigenvalue weighted by atomic mass is 9.80. The summed E-state index contributed by atoms with van der Waals surface area (Å²) in [7, 11) is 0. The maximum Gasteiger partial charge on any atom is 0.409 e. The molecule has 2 aromatic carbocycles. The fourth-order valence-electron chi connectivity index (χ4n) is 5.13. The summed E-state index contributed by atoms with van der Waals surface area (Å²) in [6, 6.07) is 10.8. The highest BCUT2D eigenvalue weighted by molar-refractivity contribution is 9.10. The maximum absolute atomic E-state index is 13.6. The molecule has 2 aliphatic heterocycles. The van der Waals surface area contributed by atoms with Crippen LogP contribution in [0.4, 0.5) is 4.79 Å². The first-order chi connectivity index (χ1) is 17.3. The number of para-hydroxylation sites is 1. The van der Waals surface area contributed by atoms with Gasteiger partial charge < -0.3 is 19.7 Å². The third-order valence-electron chi connectivity index (χ3n) is 6.89. The number of benzene rings is 2. The summed E-state index contributed by atoms with van der Waals surface area (Å²) in [4.78, 5) is 39.6. The number of aromatic nitrogens is 2. The molecule has 0 bridgehead atoms. The molecule has 3 aromatic rings. The van der Waals surface area contributed by atoms with Crippen molar-refractivity contribution in [3.05, 3.63) is 58.2 Å². The maximum atomic E-state index is 13.6. The Bertz CT molecular complexity index is 1350. The fraction of sp³-hybridized carbons (Fsp3) is 0.385. The van der Waals surface area contributed by atoms with Gasteiger partial charge in [-0.15, -0.1) is 0 Å². The predicted molar refractivity (Wildman–Crippen MR) is 136 cm³/mol. The van der Waals surface area contributed by atoms with Crippen molar-refractivity contribution in [1.82, 2.24) is 20.0 Å². The van der Waals surface area contributed by atoms with E-state index in [1.165, 1.54) is 11.6 Å². The quantitative estimate of drug-likeness (QED) is 0.503. The van der Waals surface area contributed by atoms with Gasteiger partial charge >= 0.3 is 6.09 Å². The minimum Gasteiger partial charge on any atom is -0.487 e.